The van der Waals surface area contributed by atoms with E-state index < -0.39 is 0 Å². The lowest BCUT2D eigenvalue weighted by Crippen LogP contribution is -2.34. The number of benzene rings is 1. The molecule has 2 heterocycles. The molecule has 0 aliphatic heterocycles. The average Bonchev–Trinajstić information content (AvgIpc) is 3.39. The monoisotopic (exact) mass is 471 g/mol. The summed E-state index contributed by atoms with van der Waals surface area (Å²) in [6, 6.07) is 12.2. The maximum absolute atomic E-state index is 12.5. The van der Waals surface area contributed by atoms with Crippen LogP contribution in [0.25, 0.3) is 10.2 Å². The van der Waals surface area contributed by atoms with E-state index in [1.807, 2.05) is 41.8 Å². The number of thiazole rings is 1. The molecule has 3 aromatic rings. The van der Waals surface area contributed by atoms with Crippen LogP contribution in [0.3, 0.4) is 0 Å². The van der Waals surface area contributed by atoms with Crippen LogP contribution < -0.4 is 0 Å². The molecule has 11 heteroatoms. The summed E-state index contributed by atoms with van der Waals surface area (Å²) in [4.78, 5) is 18.8. The number of nitriles is 2. The second-order valence-electron chi connectivity index (χ2n) is 6.36. The smallest absolute Gasteiger partial charge is 0.233 e. The van der Waals surface area contributed by atoms with Gasteiger partial charge in [-0.15, -0.1) is 21.5 Å². The van der Waals surface area contributed by atoms with Crippen LogP contribution in [0.1, 0.15) is 25.6 Å². The van der Waals surface area contributed by atoms with Gasteiger partial charge in [0.2, 0.25) is 5.91 Å². The summed E-state index contributed by atoms with van der Waals surface area (Å²) in [5, 5.41) is 26.9. The topological polar surface area (TPSA) is 111 Å². The molecule has 0 aliphatic rings. The largest absolute Gasteiger partial charge is 0.340 e. The van der Waals surface area contributed by atoms with Crippen molar-refractivity contribution in [2.24, 2.45) is 0 Å². The summed E-state index contributed by atoms with van der Waals surface area (Å²) in [6.07, 6.45) is 0.500. The molecule has 0 N–H and O–H groups in total. The lowest BCUT2D eigenvalue weighted by molar-refractivity contribution is -0.128. The van der Waals surface area contributed by atoms with E-state index in [0.717, 1.165) is 20.4 Å². The maximum atomic E-state index is 12.5. The minimum Gasteiger partial charge on any atom is -0.340 e. The number of hydrogen-bond acceptors (Lipinski definition) is 9. The lowest BCUT2D eigenvalue weighted by atomic mass is 10.3. The van der Waals surface area contributed by atoms with Crippen molar-refractivity contribution in [1.29, 1.82) is 10.5 Å². The summed E-state index contributed by atoms with van der Waals surface area (Å²) >= 11 is 4.62. The fourth-order valence-corrected chi connectivity index (χ4v) is 5.77. The van der Waals surface area contributed by atoms with Gasteiger partial charge in [0.15, 0.2) is 9.50 Å². The van der Waals surface area contributed by atoms with Crippen molar-refractivity contribution in [3.05, 3.63) is 30.1 Å². The normalized spacial score (nSPS) is 10.7. The second kappa shape index (κ2) is 11.7. The highest BCUT2D eigenvalue weighted by molar-refractivity contribution is 8.00. The number of rotatable bonds is 11. The first-order valence-electron chi connectivity index (χ1n) is 9.71. The van der Waals surface area contributed by atoms with Gasteiger partial charge in [-0.1, -0.05) is 35.7 Å². The van der Waals surface area contributed by atoms with Crippen molar-refractivity contribution >= 4 is 51.0 Å². The zero-order chi connectivity index (χ0) is 22.1. The molecule has 0 unspecified atom stereocenters. The molecular weight excluding hydrogens is 450 g/mol. The van der Waals surface area contributed by atoms with Crippen LogP contribution in [0.4, 0.5) is 0 Å². The third kappa shape index (κ3) is 6.20. The van der Waals surface area contributed by atoms with E-state index in [9.17, 15) is 4.79 Å². The minimum absolute atomic E-state index is 0.105. The Morgan fingerprint density at radius 2 is 1.90 bits per heavy atom. The predicted molar refractivity (Wildman–Crippen MR) is 123 cm³/mol. The number of carbonyl (C=O) groups is 1. The molecule has 0 bridgehead atoms. The fourth-order valence-electron chi connectivity index (χ4n) is 2.84. The van der Waals surface area contributed by atoms with Crippen LogP contribution in [-0.4, -0.2) is 49.4 Å². The first-order chi connectivity index (χ1) is 15.2. The highest BCUT2D eigenvalue weighted by atomic mass is 32.2. The van der Waals surface area contributed by atoms with Crippen LogP contribution in [0, 0.1) is 22.7 Å². The highest BCUT2D eigenvalue weighted by Gasteiger charge is 2.17. The number of fused-ring (bicyclic) bond motifs is 1. The van der Waals surface area contributed by atoms with E-state index in [-0.39, 0.29) is 24.5 Å². The van der Waals surface area contributed by atoms with Crippen molar-refractivity contribution in [3.8, 4) is 12.1 Å². The predicted octanol–water partition coefficient (Wildman–Crippen LogP) is 3.95. The number of aromatic nitrogens is 4. The lowest BCUT2D eigenvalue weighted by Gasteiger charge is -2.20. The van der Waals surface area contributed by atoms with Crippen LogP contribution in [0.15, 0.2) is 33.8 Å². The van der Waals surface area contributed by atoms with Gasteiger partial charge in [-0.2, -0.15) is 10.5 Å². The van der Waals surface area contributed by atoms with Gasteiger partial charge in [0.05, 0.1) is 46.7 Å². The fraction of sp³-hybridized carbons (Fsp3) is 0.400. The van der Waals surface area contributed by atoms with Crippen LogP contribution >= 0.6 is 34.9 Å². The Hall–Kier alpha value is -2.60. The molecule has 3 rings (SSSR count). The first kappa shape index (κ1) is 23.1. The molecule has 0 atom stereocenters. The van der Waals surface area contributed by atoms with Crippen molar-refractivity contribution in [2.45, 2.75) is 41.6 Å². The molecule has 2 aromatic heterocycles. The summed E-state index contributed by atoms with van der Waals surface area (Å²) < 4.78 is 4.16. The maximum Gasteiger partial charge on any atom is 0.233 e. The summed E-state index contributed by atoms with van der Waals surface area (Å²) in [7, 11) is 0. The number of thioether (sulfide) groups is 2. The Balaban J connectivity index is 1.60. The molecule has 1 amide bonds. The van der Waals surface area contributed by atoms with E-state index in [1.165, 1.54) is 11.8 Å². The van der Waals surface area contributed by atoms with E-state index in [2.05, 4.69) is 21.2 Å². The van der Waals surface area contributed by atoms with Gasteiger partial charge in [-0.3, -0.25) is 4.79 Å². The van der Waals surface area contributed by atoms with Gasteiger partial charge in [0.25, 0.3) is 0 Å². The second-order valence-corrected chi connectivity index (χ2v) is 9.56. The van der Waals surface area contributed by atoms with E-state index in [1.54, 1.807) is 28.0 Å². The molecule has 8 nitrogen and oxygen atoms in total. The molecule has 0 fully saturated rings. The number of para-hydroxylation sites is 1. The van der Waals surface area contributed by atoms with Gasteiger partial charge in [0, 0.05) is 19.6 Å². The van der Waals surface area contributed by atoms with Crippen LogP contribution in [-0.2, 0) is 17.1 Å². The molecule has 0 saturated heterocycles. The quantitative estimate of drug-likeness (QED) is 0.387. The number of hydrogen-bond donors (Lipinski definition) is 0. The Morgan fingerprint density at radius 3 is 2.58 bits per heavy atom. The van der Waals surface area contributed by atoms with Gasteiger partial charge < -0.3 is 9.47 Å². The molecule has 1 aromatic carbocycles. The Kier molecular flexibility index (Phi) is 8.71. The first-order valence-corrected chi connectivity index (χ1v) is 12.5. The standard InChI is InChI=1S/C20H21N7OS3/c1-2-27-17(13-30-20-23-15-7-3-4-8-16(15)31-20)24-25-19(27)29-14-18(28)26(11-5-9-21)12-6-10-22/h3-4,7-8H,2,5-6,11-14H2,1H3. The molecule has 0 saturated carbocycles. The summed E-state index contributed by atoms with van der Waals surface area (Å²) in [5.74, 6) is 1.57. The summed E-state index contributed by atoms with van der Waals surface area (Å²) in [5.41, 5.74) is 0.999. The van der Waals surface area contributed by atoms with Gasteiger partial charge >= 0.3 is 0 Å². The Bertz CT molecular complexity index is 1060. The third-order valence-corrected chi connectivity index (χ3v) is 7.50. The van der Waals surface area contributed by atoms with Crippen molar-refractivity contribution < 1.29 is 4.79 Å². The minimum atomic E-state index is -0.105. The van der Waals surface area contributed by atoms with E-state index in [4.69, 9.17) is 10.5 Å². The third-order valence-electron chi connectivity index (χ3n) is 4.37. The van der Waals surface area contributed by atoms with Crippen LogP contribution in [0.2, 0.25) is 0 Å². The Morgan fingerprint density at radius 1 is 1.16 bits per heavy atom. The molecule has 0 radical (unpaired) electrons. The SMILES string of the molecule is CCn1c(CSc2nc3ccccc3s2)nnc1SCC(=O)N(CCC#N)CCC#N. The van der Waals surface area contributed by atoms with Crippen molar-refractivity contribution in [1.82, 2.24) is 24.6 Å². The van der Waals surface area contributed by atoms with Crippen LogP contribution in [0.5, 0.6) is 0 Å². The van der Waals surface area contributed by atoms with Gasteiger partial charge in [-0.25, -0.2) is 4.98 Å². The molecule has 0 spiro atoms. The molecule has 0 aliphatic carbocycles. The zero-order valence-electron chi connectivity index (χ0n) is 17.0. The number of carbonyl (C=O) groups excluding carboxylic acids is 1. The summed E-state index contributed by atoms with van der Waals surface area (Å²) in [6.45, 7) is 3.39. The van der Waals surface area contributed by atoms with Gasteiger partial charge in [-0.05, 0) is 19.1 Å². The number of amides is 1. The van der Waals surface area contributed by atoms with Crippen molar-refractivity contribution in [3.63, 3.8) is 0 Å². The van der Waals surface area contributed by atoms with Gasteiger partial charge in [0.1, 0.15) is 5.82 Å². The molecule has 31 heavy (non-hydrogen) atoms. The van der Waals surface area contributed by atoms with E-state index >= 15 is 0 Å². The average molecular weight is 472 g/mol. The number of nitrogens with zero attached hydrogens (tertiary/aromatic N) is 7. The Labute approximate surface area is 193 Å². The highest BCUT2D eigenvalue weighted by Crippen LogP contribution is 2.31. The van der Waals surface area contributed by atoms with E-state index in [0.29, 0.717) is 30.5 Å². The molecular formula is C20H21N7OS3. The molecule has 160 valence electrons. The van der Waals surface area contributed by atoms with Crippen molar-refractivity contribution in [2.75, 3.05) is 18.8 Å². The zero-order valence-corrected chi connectivity index (χ0v) is 19.5.